The standard InChI is InChI=1S/C20H22O3/c1-3-23-20(22)15(2)13-19(21)14-16-9-11-18(12-10-16)17-7-5-4-6-8-17/h4-12,15H,3,13-14H2,1-2H3. The summed E-state index contributed by atoms with van der Waals surface area (Å²) in [6.45, 7) is 3.84. The van der Waals surface area contributed by atoms with Crippen LogP contribution in [0.3, 0.4) is 0 Å². The van der Waals surface area contributed by atoms with Gasteiger partial charge in [-0.1, -0.05) is 61.5 Å². The molecule has 0 aliphatic carbocycles. The van der Waals surface area contributed by atoms with Crippen LogP contribution < -0.4 is 0 Å². The van der Waals surface area contributed by atoms with Gasteiger partial charge in [-0.3, -0.25) is 9.59 Å². The van der Waals surface area contributed by atoms with Gasteiger partial charge >= 0.3 is 5.97 Å². The number of hydrogen-bond donors (Lipinski definition) is 0. The number of esters is 1. The Hall–Kier alpha value is -2.42. The van der Waals surface area contributed by atoms with Crippen LogP contribution in [0, 0.1) is 5.92 Å². The Morgan fingerprint density at radius 3 is 2.17 bits per heavy atom. The van der Waals surface area contributed by atoms with Gasteiger partial charge in [-0.2, -0.15) is 0 Å². The zero-order chi connectivity index (χ0) is 16.7. The molecule has 23 heavy (non-hydrogen) atoms. The van der Waals surface area contributed by atoms with Crippen molar-refractivity contribution in [2.24, 2.45) is 5.92 Å². The van der Waals surface area contributed by atoms with Gasteiger partial charge in [0.2, 0.25) is 0 Å². The van der Waals surface area contributed by atoms with Crippen LogP contribution in [0.15, 0.2) is 54.6 Å². The van der Waals surface area contributed by atoms with Gasteiger partial charge in [-0.05, 0) is 23.6 Å². The fourth-order valence-corrected chi connectivity index (χ4v) is 2.45. The fourth-order valence-electron chi connectivity index (χ4n) is 2.45. The first-order valence-electron chi connectivity index (χ1n) is 7.93. The first-order valence-corrected chi connectivity index (χ1v) is 7.93. The van der Waals surface area contributed by atoms with E-state index in [1.807, 2.05) is 42.5 Å². The molecule has 0 saturated carbocycles. The SMILES string of the molecule is CCOC(=O)C(C)CC(=O)Cc1ccc(-c2ccccc2)cc1. The van der Waals surface area contributed by atoms with Crippen molar-refractivity contribution < 1.29 is 14.3 Å². The van der Waals surface area contributed by atoms with E-state index < -0.39 is 0 Å². The van der Waals surface area contributed by atoms with Gasteiger partial charge in [0.05, 0.1) is 12.5 Å². The molecule has 1 atom stereocenters. The van der Waals surface area contributed by atoms with Crippen molar-refractivity contribution in [3.8, 4) is 11.1 Å². The molecule has 0 saturated heterocycles. The van der Waals surface area contributed by atoms with Crippen molar-refractivity contribution in [1.82, 2.24) is 0 Å². The molecule has 120 valence electrons. The molecule has 0 radical (unpaired) electrons. The van der Waals surface area contributed by atoms with Gasteiger partial charge in [-0.25, -0.2) is 0 Å². The van der Waals surface area contributed by atoms with Crippen molar-refractivity contribution in [3.63, 3.8) is 0 Å². The van der Waals surface area contributed by atoms with Crippen LogP contribution in [-0.2, 0) is 20.7 Å². The largest absolute Gasteiger partial charge is 0.466 e. The Morgan fingerprint density at radius 2 is 1.57 bits per heavy atom. The summed E-state index contributed by atoms with van der Waals surface area (Å²) in [6, 6.07) is 18.1. The maximum absolute atomic E-state index is 12.1. The minimum absolute atomic E-state index is 0.0537. The highest BCUT2D eigenvalue weighted by Crippen LogP contribution is 2.20. The topological polar surface area (TPSA) is 43.4 Å². The molecule has 0 N–H and O–H groups in total. The van der Waals surface area contributed by atoms with Crippen LogP contribution in [-0.4, -0.2) is 18.4 Å². The Kier molecular flexibility index (Phi) is 6.10. The molecule has 0 aromatic heterocycles. The monoisotopic (exact) mass is 310 g/mol. The average molecular weight is 310 g/mol. The number of ether oxygens (including phenoxy) is 1. The molecule has 1 unspecified atom stereocenters. The van der Waals surface area contributed by atoms with Gasteiger partial charge in [0.15, 0.2) is 0 Å². The van der Waals surface area contributed by atoms with Crippen LogP contribution >= 0.6 is 0 Å². The summed E-state index contributed by atoms with van der Waals surface area (Å²) >= 11 is 0. The van der Waals surface area contributed by atoms with E-state index in [-0.39, 0.29) is 24.1 Å². The maximum atomic E-state index is 12.1. The van der Waals surface area contributed by atoms with E-state index in [2.05, 4.69) is 12.1 Å². The Morgan fingerprint density at radius 1 is 0.957 bits per heavy atom. The molecule has 2 aromatic rings. The van der Waals surface area contributed by atoms with E-state index >= 15 is 0 Å². The number of Topliss-reactive ketones (excluding diaryl/α,β-unsaturated/α-hetero) is 1. The summed E-state index contributed by atoms with van der Waals surface area (Å²) in [4.78, 5) is 23.6. The second-order valence-electron chi connectivity index (χ2n) is 5.64. The molecular formula is C20H22O3. The molecule has 0 amide bonds. The summed E-state index contributed by atoms with van der Waals surface area (Å²) < 4.78 is 4.93. The second kappa shape index (κ2) is 8.28. The molecule has 0 spiro atoms. The molecule has 0 heterocycles. The molecule has 3 heteroatoms. The number of carbonyl (C=O) groups excluding carboxylic acids is 2. The summed E-state index contributed by atoms with van der Waals surface area (Å²) in [6.07, 6.45) is 0.568. The highest BCUT2D eigenvalue weighted by molar-refractivity contribution is 5.85. The second-order valence-corrected chi connectivity index (χ2v) is 5.64. The van der Waals surface area contributed by atoms with E-state index in [1.165, 1.54) is 0 Å². The average Bonchev–Trinajstić information content (AvgIpc) is 2.56. The van der Waals surface area contributed by atoms with Gasteiger partial charge in [0.25, 0.3) is 0 Å². The molecule has 2 rings (SSSR count). The number of hydrogen-bond acceptors (Lipinski definition) is 3. The maximum Gasteiger partial charge on any atom is 0.309 e. The van der Waals surface area contributed by atoms with Crippen LogP contribution in [0.25, 0.3) is 11.1 Å². The van der Waals surface area contributed by atoms with Crippen molar-refractivity contribution in [2.75, 3.05) is 6.61 Å². The quantitative estimate of drug-likeness (QED) is 0.724. The first kappa shape index (κ1) is 16.9. The molecule has 0 aliphatic rings. The highest BCUT2D eigenvalue weighted by atomic mass is 16.5. The molecule has 0 aliphatic heterocycles. The van der Waals surface area contributed by atoms with Crippen molar-refractivity contribution in [1.29, 1.82) is 0 Å². The third kappa shape index (κ3) is 5.06. The van der Waals surface area contributed by atoms with E-state index in [0.29, 0.717) is 13.0 Å². The molecule has 0 fully saturated rings. The predicted octanol–water partition coefficient (Wildman–Crippen LogP) is 4.05. The van der Waals surface area contributed by atoms with Gasteiger partial charge in [-0.15, -0.1) is 0 Å². The zero-order valence-electron chi connectivity index (χ0n) is 13.6. The lowest BCUT2D eigenvalue weighted by Crippen LogP contribution is -2.19. The Balaban J connectivity index is 1.93. The summed E-state index contributed by atoms with van der Waals surface area (Å²) in [7, 11) is 0. The van der Waals surface area contributed by atoms with Crippen LogP contribution in [0.5, 0.6) is 0 Å². The zero-order valence-corrected chi connectivity index (χ0v) is 13.6. The Labute approximate surface area is 137 Å². The molecule has 3 nitrogen and oxygen atoms in total. The van der Waals surface area contributed by atoms with Gasteiger partial charge in [0, 0.05) is 12.8 Å². The molecule has 2 aromatic carbocycles. The van der Waals surface area contributed by atoms with Gasteiger partial charge < -0.3 is 4.74 Å². The van der Waals surface area contributed by atoms with Crippen molar-refractivity contribution in [3.05, 3.63) is 60.2 Å². The molecule has 0 bridgehead atoms. The van der Waals surface area contributed by atoms with Gasteiger partial charge in [0.1, 0.15) is 5.78 Å². The fraction of sp³-hybridized carbons (Fsp3) is 0.300. The van der Waals surface area contributed by atoms with E-state index in [0.717, 1.165) is 16.7 Å². The minimum Gasteiger partial charge on any atom is -0.466 e. The van der Waals surface area contributed by atoms with Crippen molar-refractivity contribution >= 4 is 11.8 Å². The predicted molar refractivity (Wildman–Crippen MR) is 91.0 cm³/mol. The number of rotatable bonds is 7. The summed E-state index contributed by atoms with van der Waals surface area (Å²) in [5.41, 5.74) is 3.24. The summed E-state index contributed by atoms with van der Waals surface area (Å²) in [5, 5.41) is 0. The third-order valence-corrected chi connectivity index (χ3v) is 3.69. The van der Waals surface area contributed by atoms with E-state index in [9.17, 15) is 9.59 Å². The number of carbonyl (C=O) groups is 2. The Bertz CT molecular complexity index is 644. The minimum atomic E-state index is -0.383. The highest BCUT2D eigenvalue weighted by Gasteiger charge is 2.18. The lowest BCUT2D eigenvalue weighted by molar-refractivity contribution is -0.148. The van der Waals surface area contributed by atoms with E-state index in [1.54, 1.807) is 13.8 Å². The lowest BCUT2D eigenvalue weighted by atomic mass is 9.98. The molecular weight excluding hydrogens is 288 g/mol. The first-order chi connectivity index (χ1) is 11.1. The van der Waals surface area contributed by atoms with Crippen LogP contribution in [0.4, 0.5) is 0 Å². The van der Waals surface area contributed by atoms with E-state index in [4.69, 9.17) is 4.74 Å². The normalized spacial score (nSPS) is 11.7. The smallest absolute Gasteiger partial charge is 0.309 e. The third-order valence-electron chi connectivity index (χ3n) is 3.69. The number of benzene rings is 2. The number of ketones is 1. The lowest BCUT2D eigenvalue weighted by Gasteiger charge is -2.10. The van der Waals surface area contributed by atoms with Crippen LogP contribution in [0.1, 0.15) is 25.8 Å². The summed E-state index contributed by atoms with van der Waals surface area (Å²) in [5.74, 6) is -0.635. The van der Waals surface area contributed by atoms with Crippen molar-refractivity contribution in [2.45, 2.75) is 26.7 Å². The van der Waals surface area contributed by atoms with Crippen LogP contribution in [0.2, 0.25) is 0 Å².